The number of rotatable bonds is 5. The molecule has 1 heterocycles. The van der Waals surface area contributed by atoms with Crippen LogP contribution in [0.2, 0.25) is 0 Å². The molecule has 19 heavy (non-hydrogen) atoms. The van der Waals surface area contributed by atoms with Crippen molar-refractivity contribution in [1.29, 1.82) is 0 Å². The molecule has 4 heteroatoms. The van der Waals surface area contributed by atoms with E-state index in [0.717, 1.165) is 27.2 Å². The van der Waals surface area contributed by atoms with E-state index >= 15 is 0 Å². The monoisotopic (exact) mass is 368 g/mol. The van der Waals surface area contributed by atoms with Crippen molar-refractivity contribution in [1.82, 2.24) is 10.3 Å². The van der Waals surface area contributed by atoms with Gasteiger partial charge < -0.3 is 10.1 Å². The van der Waals surface area contributed by atoms with Crippen LogP contribution in [0.15, 0.2) is 42.7 Å². The first-order valence-electron chi connectivity index (χ1n) is 6.25. The highest BCUT2D eigenvalue weighted by Gasteiger charge is 2.06. The number of hydrogen-bond donors (Lipinski definition) is 1. The normalized spacial score (nSPS) is 10.7. The van der Waals surface area contributed by atoms with Crippen LogP contribution in [0.25, 0.3) is 0 Å². The van der Waals surface area contributed by atoms with Crippen molar-refractivity contribution in [2.24, 2.45) is 0 Å². The van der Waals surface area contributed by atoms with Crippen molar-refractivity contribution in [3.63, 3.8) is 0 Å². The first kappa shape index (κ1) is 14.3. The van der Waals surface area contributed by atoms with Crippen molar-refractivity contribution >= 4 is 22.6 Å². The number of ether oxygens (including phenoxy) is 1. The molecule has 0 amide bonds. The minimum atomic E-state index is 0.443. The van der Waals surface area contributed by atoms with Gasteiger partial charge in [-0.1, -0.05) is 19.9 Å². The molecule has 0 saturated carbocycles. The summed E-state index contributed by atoms with van der Waals surface area (Å²) in [7, 11) is 0. The third-order valence-corrected chi connectivity index (χ3v) is 3.27. The standard InChI is InChI=1S/C15H17IN2O/c1-11(2)18-9-12-6-7-17-10-15(12)19-14-5-3-4-13(16)8-14/h3-8,10-11,18H,9H2,1-2H3. The SMILES string of the molecule is CC(C)NCc1ccncc1Oc1cccc(I)c1. The molecule has 2 rings (SSSR count). The van der Waals surface area contributed by atoms with Crippen LogP contribution in [0.3, 0.4) is 0 Å². The zero-order chi connectivity index (χ0) is 13.7. The van der Waals surface area contributed by atoms with Crippen molar-refractivity contribution < 1.29 is 4.74 Å². The third kappa shape index (κ3) is 4.47. The minimum absolute atomic E-state index is 0.443. The molecule has 2 aromatic rings. The highest BCUT2D eigenvalue weighted by atomic mass is 127. The molecule has 3 nitrogen and oxygen atoms in total. The average molecular weight is 368 g/mol. The first-order chi connectivity index (χ1) is 9.15. The van der Waals surface area contributed by atoms with Crippen LogP contribution in [-0.4, -0.2) is 11.0 Å². The molecule has 0 aliphatic carbocycles. The average Bonchev–Trinajstić information content (AvgIpc) is 2.38. The minimum Gasteiger partial charge on any atom is -0.455 e. The van der Waals surface area contributed by atoms with Crippen LogP contribution in [-0.2, 0) is 6.54 Å². The fourth-order valence-electron chi connectivity index (χ4n) is 1.62. The number of benzene rings is 1. The van der Waals surface area contributed by atoms with E-state index in [1.54, 1.807) is 12.4 Å². The molecule has 100 valence electrons. The molecule has 0 radical (unpaired) electrons. The summed E-state index contributed by atoms with van der Waals surface area (Å²) in [4.78, 5) is 4.14. The van der Waals surface area contributed by atoms with E-state index in [0.29, 0.717) is 6.04 Å². The van der Waals surface area contributed by atoms with Crippen molar-refractivity contribution in [2.75, 3.05) is 0 Å². The summed E-state index contributed by atoms with van der Waals surface area (Å²) in [5, 5.41) is 3.39. The van der Waals surface area contributed by atoms with Gasteiger partial charge in [-0.25, -0.2) is 0 Å². The van der Waals surface area contributed by atoms with Gasteiger partial charge in [-0.05, 0) is 46.9 Å². The lowest BCUT2D eigenvalue weighted by molar-refractivity contribution is 0.466. The molecule has 0 aliphatic rings. The predicted molar refractivity (Wildman–Crippen MR) is 85.4 cm³/mol. The number of nitrogens with zero attached hydrogens (tertiary/aromatic N) is 1. The number of pyridine rings is 1. The van der Waals surface area contributed by atoms with E-state index in [-0.39, 0.29) is 0 Å². The van der Waals surface area contributed by atoms with Gasteiger partial charge in [0.25, 0.3) is 0 Å². The largest absolute Gasteiger partial charge is 0.455 e. The topological polar surface area (TPSA) is 34.2 Å². The lowest BCUT2D eigenvalue weighted by atomic mass is 10.2. The Balaban J connectivity index is 2.15. The van der Waals surface area contributed by atoms with Crippen LogP contribution in [0.1, 0.15) is 19.4 Å². The van der Waals surface area contributed by atoms with Crippen LogP contribution >= 0.6 is 22.6 Å². The zero-order valence-electron chi connectivity index (χ0n) is 11.1. The lowest BCUT2D eigenvalue weighted by Gasteiger charge is -2.13. The zero-order valence-corrected chi connectivity index (χ0v) is 13.2. The maximum Gasteiger partial charge on any atom is 0.150 e. The van der Waals surface area contributed by atoms with Crippen LogP contribution in [0, 0.1) is 3.57 Å². The van der Waals surface area contributed by atoms with Crippen molar-refractivity contribution in [3.05, 3.63) is 51.9 Å². The summed E-state index contributed by atoms with van der Waals surface area (Å²) in [5.41, 5.74) is 1.11. The van der Waals surface area contributed by atoms with Crippen molar-refractivity contribution in [3.8, 4) is 11.5 Å². The second-order valence-electron chi connectivity index (χ2n) is 4.58. The molecular weight excluding hydrogens is 351 g/mol. The third-order valence-electron chi connectivity index (χ3n) is 2.59. The molecule has 0 unspecified atom stereocenters. The Labute approximate surface area is 127 Å². The molecule has 0 saturated heterocycles. The van der Waals surface area contributed by atoms with E-state index in [9.17, 15) is 0 Å². The van der Waals surface area contributed by atoms with Gasteiger partial charge >= 0.3 is 0 Å². The Hall–Kier alpha value is -1.14. The maximum atomic E-state index is 5.92. The molecule has 0 bridgehead atoms. The van der Waals surface area contributed by atoms with E-state index in [1.807, 2.05) is 30.3 Å². The van der Waals surface area contributed by atoms with Gasteiger partial charge in [0.05, 0.1) is 6.20 Å². The van der Waals surface area contributed by atoms with Gasteiger partial charge in [-0.15, -0.1) is 0 Å². The summed E-state index contributed by atoms with van der Waals surface area (Å²) in [6.45, 7) is 5.03. The summed E-state index contributed by atoms with van der Waals surface area (Å²) < 4.78 is 7.07. The molecule has 0 atom stereocenters. The van der Waals surface area contributed by atoms with E-state index in [4.69, 9.17) is 4.74 Å². The Morgan fingerprint density at radius 1 is 1.32 bits per heavy atom. The van der Waals surface area contributed by atoms with Gasteiger partial charge in [0.1, 0.15) is 11.5 Å². The lowest BCUT2D eigenvalue weighted by Crippen LogP contribution is -2.22. The summed E-state index contributed by atoms with van der Waals surface area (Å²) in [5.74, 6) is 1.64. The number of halogens is 1. The van der Waals surface area contributed by atoms with Gasteiger partial charge in [0.15, 0.2) is 0 Å². The van der Waals surface area contributed by atoms with Gasteiger partial charge in [0.2, 0.25) is 0 Å². The van der Waals surface area contributed by atoms with Crippen molar-refractivity contribution in [2.45, 2.75) is 26.4 Å². The van der Waals surface area contributed by atoms with E-state index < -0.39 is 0 Å². The van der Waals surface area contributed by atoms with E-state index in [2.05, 4.69) is 46.7 Å². The highest BCUT2D eigenvalue weighted by molar-refractivity contribution is 14.1. The Bertz CT molecular complexity index is 543. The predicted octanol–water partition coefficient (Wildman–Crippen LogP) is 3.98. The summed E-state index contributed by atoms with van der Waals surface area (Å²) in [6, 6.07) is 10.4. The Kier molecular flexibility index (Phi) is 5.15. The van der Waals surface area contributed by atoms with E-state index in [1.165, 1.54) is 0 Å². The second kappa shape index (κ2) is 6.86. The molecule has 0 spiro atoms. The molecular formula is C15H17IN2O. The summed E-state index contributed by atoms with van der Waals surface area (Å²) in [6.07, 6.45) is 3.55. The molecule has 1 aromatic carbocycles. The first-order valence-corrected chi connectivity index (χ1v) is 7.32. The maximum absolute atomic E-state index is 5.92. The van der Waals surface area contributed by atoms with Crippen LogP contribution in [0.5, 0.6) is 11.5 Å². The Morgan fingerprint density at radius 3 is 2.89 bits per heavy atom. The van der Waals surface area contributed by atoms with Gasteiger partial charge in [0, 0.05) is 27.9 Å². The fraction of sp³-hybridized carbons (Fsp3) is 0.267. The number of hydrogen-bond acceptors (Lipinski definition) is 3. The second-order valence-corrected chi connectivity index (χ2v) is 5.82. The molecule has 0 aliphatic heterocycles. The van der Waals surface area contributed by atoms with Crippen LogP contribution in [0.4, 0.5) is 0 Å². The number of aromatic nitrogens is 1. The number of nitrogens with one attached hydrogen (secondary N) is 1. The Morgan fingerprint density at radius 2 is 2.16 bits per heavy atom. The summed E-state index contributed by atoms with van der Waals surface area (Å²) >= 11 is 2.27. The quantitative estimate of drug-likeness (QED) is 0.811. The van der Waals surface area contributed by atoms with Crippen LogP contribution < -0.4 is 10.1 Å². The fourth-order valence-corrected chi connectivity index (χ4v) is 2.13. The highest BCUT2D eigenvalue weighted by Crippen LogP contribution is 2.25. The van der Waals surface area contributed by atoms with Gasteiger partial charge in [-0.2, -0.15) is 0 Å². The molecule has 1 N–H and O–H groups in total. The molecule has 1 aromatic heterocycles. The van der Waals surface area contributed by atoms with Gasteiger partial charge in [-0.3, -0.25) is 4.98 Å². The molecule has 0 fully saturated rings. The smallest absolute Gasteiger partial charge is 0.150 e.